The minimum atomic E-state index is -0.348. The normalized spacial score (nSPS) is 19.4. The van der Waals surface area contributed by atoms with Crippen LogP contribution in [0.15, 0.2) is 28.7 Å². The summed E-state index contributed by atoms with van der Waals surface area (Å²) in [7, 11) is 0. The van der Waals surface area contributed by atoms with E-state index in [-0.39, 0.29) is 12.2 Å². The lowest BCUT2D eigenvalue weighted by Gasteiger charge is -2.36. The highest BCUT2D eigenvalue weighted by Gasteiger charge is 2.33. The Morgan fingerprint density at radius 3 is 2.62 bits per heavy atom. The molecule has 0 bridgehead atoms. The summed E-state index contributed by atoms with van der Waals surface area (Å²) in [5.41, 5.74) is -0.348. The van der Waals surface area contributed by atoms with Crippen LogP contribution in [0.1, 0.15) is 32.1 Å². The first-order chi connectivity index (χ1) is 7.74. The second kappa shape index (κ2) is 5.19. The summed E-state index contributed by atoms with van der Waals surface area (Å²) in [6, 6.07) is 7.81. The fourth-order valence-corrected chi connectivity index (χ4v) is 2.65. The molecule has 1 aliphatic rings. The third-order valence-electron chi connectivity index (χ3n) is 3.18. The van der Waals surface area contributed by atoms with Gasteiger partial charge in [0.25, 0.3) is 0 Å². The summed E-state index contributed by atoms with van der Waals surface area (Å²) in [5.74, 6) is 0.838. The van der Waals surface area contributed by atoms with E-state index in [0.717, 1.165) is 35.9 Å². The lowest BCUT2D eigenvalue weighted by atomic mass is 9.85. The van der Waals surface area contributed by atoms with Crippen molar-refractivity contribution in [1.29, 1.82) is 0 Å². The van der Waals surface area contributed by atoms with Crippen LogP contribution < -0.4 is 4.74 Å². The first-order valence-electron chi connectivity index (χ1n) is 5.80. The smallest absolute Gasteiger partial charge is 0.132 e. The van der Waals surface area contributed by atoms with E-state index in [0.29, 0.717) is 0 Å². The molecule has 0 heterocycles. The van der Waals surface area contributed by atoms with Crippen molar-refractivity contribution in [2.45, 2.75) is 37.7 Å². The van der Waals surface area contributed by atoms with Gasteiger partial charge >= 0.3 is 0 Å². The maximum Gasteiger partial charge on any atom is 0.132 e. The Morgan fingerprint density at radius 2 is 2.00 bits per heavy atom. The average Bonchev–Trinajstić information content (AvgIpc) is 2.30. The summed E-state index contributed by atoms with van der Waals surface area (Å²) >= 11 is 3.42. The van der Waals surface area contributed by atoms with Crippen molar-refractivity contribution in [3.63, 3.8) is 0 Å². The molecule has 0 aliphatic heterocycles. The van der Waals surface area contributed by atoms with Gasteiger partial charge in [0.15, 0.2) is 0 Å². The fraction of sp³-hybridized carbons (Fsp3) is 0.538. The molecule has 16 heavy (non-hydrogen) atoms. The Labute approximate surface area is 105 Å². The second-order valence-corrected chi connectivity index (χ2v) is 5.38. The predicted molar refractivity (Wildman–Crippen MR) is 67.7 cm³/mol. The summed E-state index contributed by atoms with van der Waals surface area (Å²) in [6.45, 7) is 0.111. The molecular weight excluding hydrogens is 268 g/mol. The van der Waals surface area contributed by atoms with Gasteiger partial charge < -0.3 is 9.84 Å². The number of hydrogen-bond donors (Lipinski definition) is 1. The predicted octanol–water partition coefficient (Wildman–Crippen LogP) is 3.52. The number of aliphatic hydroxyl groups excluding tert-OH is 1. The van der Waals surface area contributed by atoms with E-state index in [1.165, 1.54) is 6.42 Å². The van der Waals surface area contributed by atoms with Crippen LogP contribution >= 0.6 is 15.9 Å². The fourth-order valence-electron chi connectivity index (χ4n) is 2.27. The van der Waals surface area contributed by atoms with Crippen molar-refractivity contribution in [3.8, 4) is 5.75 Å². The molecule has 1 N–H and O–H groups in total. The Hall–Kier alpha value is -0.540. The monoisotopic (exact) mass is 284 g/mol. The van der Waals surface area contributed by atoms with Gasteiger partial charge in [-0.3, -0.25) is 0 Å². The molecule has 0 saturated heterocycles. The van der Waals surface area contributed by atoms with Crippen molar-refractivity contribution in [1.82, 2.24) is 0 Å². The van der Waals surface area contributed by atoms with E-state index in [2.05, 4.69) is 15.9 Å². The molecule has 88 valence electrons. The van der Waals surface area contributed by atoms with Crippen LogP contribution in [-0.2, 0) is 0 Å². The first kappa shape index (κ1) is 11.9. The molecule has 1 aromatic carbocycles. The standard InChI is InChI=1S/C13H17BrO2/c14-11-5-4-6-12(9-11)16-13(10-15)7-2-1-3-8-13/h4-6,9,15H,1-3,7-8,10H2. The third kappa shape index (κ3) is 2.77. The van der Waals surface area contributed by atoms with Crippen molar-refractivity contribution < 1.29 is 9.84 Å². The van der Waals surface area contributed by atoms with Crippen LogP contribution in [0.25, 0.3) is 0 Å². The van der Waals surface area contributed by atoms with E-state index in [1.54, 1.807) is 0 Å². The summed E-state index contributed by atoms with van der Waals surface area (Å²) in [4.78, 5) is 0. The third-order valence-corrected chi connectivity index (χ3v) is 3.68. The molecule has 0 atom stereocenters. The molecule has 0 spiro atoms. The largest absolute Gasteiger partial charge is 0.485 e. The molecule has 0 amide bonds. The van der Waals surface area contributed by atoms with Crippen LogP contribution in [-0.4, -0.2) is 17.3 Å². The van der Waals surface area contributed by atoms with Gasteiger partial charge in [-0.2, -0.15) is 0 Å². The molecule has 1 aromatic rings. The van der Waals surface area contributed by atoms with Crippen LogP contribution in [0.5, 0.6) is 5.75 Å². The first-order valence-corrected chi connectivity index (χ1v) is 6.59. The molecule has 1 fully saturated rings. The Kier molecular flexibility index (Phi) is 3.87. The molecule has 2 rings (SSSR count). The number of aliphatic hydroxyl groups is 1. The zero-order chi connectivity index (χ0) is 11.4. The van der Waals surface area contributed by atoms with Crippen molar-refractivity contribution in [3.05, 3.63) is 28.7 Å². The van der Waals surface area contributed by atoms with Gasteiger partial charge in [-0.25, -0.2) is 0 Å². The molecule has 1 aliphatic carbocycles. The maximum absolute atomic E-state index is 9.54. The highest BCUT2D eigenvalue weighted by atomic mass is 79.9. The average molecular weight is 285 g/mol. The number of hydrogen-bond acceptors (Lipinski definition) is 2. The van der Waals surface area contributed by atoms with Crippen molar-refractivity contribution >= 4 is 15.9 Å². The van der Waals surface area contributed by atoms with Gasteiger partial charge in [-0.15, -0.1) is 0 Å². The van der Waals surface area contributed by atoms with Crippen LogP contribution in [0.3, 0.4) is 0 Å². The van der Waals surface area contributed by atoms with Crippen LogP contribution in [0.4, 0.5) is 0 Å². The Bertz CT molecular complexity index is 346. The molecule has 0 unspecified atom stereocenters. The van der Waals surface area contributed by atoms with Crippen molar-refractivity contribution in [2.24, 2.45) is 0 Å². The van der Waals surface area contributed by atoms with Gasteiger partial charge in [-0.05, 0) is 43.9 Å². The van der Waals surface area contributed by atoms with E-state index in [9.17, 15) is 5.11 Å². The quantitative estimate of drug-likeness (QED) is 0.920. The molecule has 1 saturated carbocycles. The number of benzene rings is 1. The lowest BCUT2D eigenvalue weighted by Crippen LogP contribution is -2.41. The topological polar surface area (TPSA) is 29.5 Å². The van der Waals surface area contributed by atoms with Gasteiger partial charge in [-0.1, -0.05) is 28.4 Å². The zero-order valence-electron chi connectivity index (χ0n) is 9.29. The Morgan fingerprint density at radius 1 is 1.25 bits per heavy atom. The van der Waals surface area contributed by atoms with Crippen molar-refractivity contribution in [2.75, 3.05) is 6.61 Å². The molecule has 2 nitrogen and oxygen atoms in total. The molecule has 3 heteroatoms. The molecule has 0 aromatic heterocycles. The van der Waals surface area contributed by atoms with E-state index in [4.69, 9.17) is 4.74 Å². The Balaban J connectivity index is 2.11. The highest BCUT2D eigenvalue weighted by Crippen LogP contribution is 2.33. The zero-order valence-corrected chi connectivity index (χ0v) is 10.9. The minimum absolute atomic E-state index is 0.111. The molecule has 0 radical (unpaired) electrons. The number of halogens is 1. The van der Waals surface area contributed by atoms with E-state index in [1.807, 2.05) is 24.3 Å². The number of rotatable bonds is 3. The highest BCUT2D eigenvalue weighted by molar-refractivity contribution is 9.10. The SMILES string of the molecule is OCC1(Oc2cccc(Br)c2)CCCCC1. The van der Waals surface area contributed by atoms with Crippen LogP contribution in [0.2, 0.25) is 0 Å². The minimum Gasteiger partial charge on any atom is -0.485 e. The van der Waals surface area contributed by atoms with Gasteiger partial charge in [0, 0.05) is 4.47 Å². The molecular formula is C13H17BrO2. The maximum atomic E-state index is 9.54. The second-order valence-electron chi connectivity index (χ2n) is 4.46. The number of ether oxygens (including phenoxy) is 1. The summed E-state index contributed by atoms with van der Waals surface area (Å²) in [6.07, 6.45) is 5.46. The summed E-state index contributed by atoms with van der Waals surface area (Å²) < 4.78 is 7.00. The van der Waals surface area contributed by atoms with Gasteiger partial charge in [0.1, 0.15) is 11.4 Å². The lowest BCUT2D eigenvalue weighted by molar-refractivity contribution is -0.0198. The van der Waals surface area contributed by atoms with Gasteiger partial charge in [0.05, 0.1) is 6.61 Å². The van der Waals surface area contributed by atoms with Gasteiger partial charge in [0.2, 0.25) is 0 Å². The van der Waals surface area contributed by atoms with E-state index >= 15 is 0 Å². The van der Waals surface area contributed by atoms with Crippen LogP contribution in [0, 0.1) is 0 Å². The summed E-state index contributed by atoms with van der Waals surface area (Å²) in [5, 5.41) is 9.54. The van der Waals surface area contributed by atoms with E-state index < -0.39 is 0 Å².